The van der Waals surface area contributed by atoms with Gasteiger partial charge in [0.1, 0.15) is 0 Å². The summed E-state index contributed by atoms with van der Waals surface area (Å²) in [5.41, 5.74) is 7.26. The molecule has 4 aromatic rings. The number of carbonyl (C=O) groups is 1. The fraction of sp³-hybridized carbons (Fsp3) is 0.208. The highest BCUT2D eigenvalue weighted by Crippen LogP contribution is 2.38. The van der Waals surface area contributed by atoms with Crippen LogP contribution < -0.4 is 11.1 Å². The molecule has 0 fully saturated rings. The van der Waals surface area contributed by atoms with Crippen molar-refractivity contribution in [2.45, 2.75) is 26.9 Å². The predicted molar refractivity (Wildman–Crippen MR) is 121 cm³/mol. The lowest BCUT2D eigenvalue weighted by Crippen LogP contribution is -2.28. The number of aromatic nitrogens is 3. The largest absolute Gasteiger partial charge is 0.418 e. The molecular weight excluding hydrogens is 431 g/mol. The van der Waals surface area contributed by atoms with Gasteiger partial charge in [-0.25, -0.2) is 9.50 Å². The number of hydrogen-bond acceptors (Lipinski definition) is 4. The standard InChI is InChI=1S/C24H22F3N5O/c1-23(2,3)22(33)30-19-12-14(8-9-16(19)24(25,26)27)20-13-32-21(29-20)11-10-18(31-32)15-6-4-5-7-17(15)28/h4-13H,28H2,1-3H3,(H,30,33). The molecule has 2 aromatic carbocycles. The number of amides is 1. The molecule has 0 unspecified atom stereocenters. The number of fused-ring (bicyclic) bond motifs is 1. The molecule has 0 saturated heterocycles. The van der Waals surface area contributed by atoms with E-state index < -0.39 is 23.1 Å². The Morgan fingerprint density at radius 1 is 1.00 bits per heavy atom. The van der Waals surface area contributed by atoms with E-state index in [0.717, 1.165) is 11.6 Å². The Labute approximate surface area is 188 Å². The number of para-hydroxylation sites is 1. The first-order valence-corrected chi connectivity index (χ1v) is 10.2. The molecule has 6 nitrogen and oxygen atoms in total. The van der Waals surface area contributed by atoms with Gasteiger partial charge in [-0.2, -0.15) is 18.3 Å². The van der Waals surface area contributed by atoms with E-state index in [2.05, 4.69) is 15.4 Å². The number of imidazole rings is 1. The number of rotatable bonds is 3. The first-order chi connectivity index (χ1) is 15.4. The molecule has 2 aromatic heterocycles. The summed E-state index contributed by atoms with van der Waals surface area (Å²) in [6.07, 6.45) is -3.00. The summed E-state index contributed by atoms with van der Waals surface area (Å²) in [5.74, 6) is -0.521. The molecule has 0 saturated carbocycles. The van der Waals surface area contributed by atoms with Crippen LogP contribution in [0.3, 0.4) is 0 Å². The van der Waals surface area contributed by atoms with Gasteiger partial charge >= 0.3 is 6.18 Å². The van der Waals surface area contributed by atoms with Crippen molar-refractivity contribution in [3.63, 3.8) is 0 Å². The number of benzene rings is 2. The molecule has 170 valence electrons. The van der Waals surface area contributed by atoms with Crippen molar-refractivity contribution in [1.82, 2.24) is 14.6 Å². The van der Waals surface area contributed by atoms with Gasteiger partial charge in [0.2, 0.25) is 5.91 Å². The van der Waals surface area contributed by atoms with Crippen LogP contribution in [0.15, 0.2) is 60.8 Å². The van der Waals surface area contributed by atoms with Crippen molar-refractivity contribution in [2.75, 3.05) is 11.1 Å². The third-order valence-corrected chi connectivity index (χ3v) is 5.11. The van der Waals surface area contributed by atoms with Crippen LogP contribution in [0.25, 0.3) is 28.2 Å². The fourth-order valence-corrected chi connectivity index (χ4v) is 3.26. The van der Waals surface area contributed by atoms with Crippen molar-refractivity contribution in [3.05, 3.63) is 66.4 Å². The summed E-state index contributed by atoms with van der Waals surface area (Å²) >= 11 is 0. The molecule has 0 spiro atoms. The summed E-state index contributed by atoms with van der Waals surface area (Å²) in [4.78, 5) is 16.9. The Morgan fingerprint density at radius 3 is 2.39 bits per heavy atom. The van der Waals surface area contributed by atoms with Crippen LogP contribution in [0.1, 0.15) is 26.3 Å². The zero-order valence-electron chi connectivity index (χ0n) is 18.2. The molecule has 3 N–H and O–H groups in total. The number of hydrogen-bond donors (Lipinski definition) is 2. The normalized spacial score (nSPS) is 12.2. The molecule has 1 amide bonds. The van der Waals surface area contributed by atoms with Crippen LogP contribution in [-0.2, 0) is 11.0 Å². The van der Waals surface area contributed by atoms with E-state index in [0.29, 0.717) is 28.3 Å². The van der Waals surface area contributed by atoms with Gasteiger partial charge in [0.25, 0.3) is 0 Å². The van der Waals surface area contributed by atoms with Crippen molar-refractivity contribution in [2.24, 2.45) is 5.41 Å². The molecule has 0 radical (unpaired) electrons. The van der Waals surface area contributed by atoms with Gasteiger partial charge < -0.3 is 11.1 Å². The summed E-state index contributed by atoms with van der Waals surface area (Å²) < 4.78 is 42.2. The van der Waals surface area contributed by atoms with Gasteiger partial charge in [0, 0.05) is 22.2 Å². The molecule has 0 aliphatic heterocycles. The zero-order valence-corrected chi connectivity index (χ0v) is 18.2. The number of nitrogen functional groups attached to an aromatic ring is 1. The summed E-state index contributed by atoms with van der Waals surface area (Å²) in [6, 6.07) is 14.4. The molecule has 2 heterocycles. The Hall–Kier alpha value is -3.88. The SMILES string of the molecule is CC(C)(C)C(=O)Nc1cc(-c2cn3nc(-c4ccccc4N)ccc3n2)ccc1C(F)(F)F. The van der Waals surface area contributed by atoms with Crippen LogP contribution in [-0.4, -0.2) is 20.5 Å². The second kappa shape index (κ2) is 7.91. The van der Waals surface area contributed by atoms with E-state index in [1.807, 2.05) is 18.2 Å². The average Bonchev–Trinajstić information content (AvgIpc) is 3.16. The number of halogens is 3. The lowest BCUT2D eigenvalue weighted by molar-refractivity contribution is -0.137. The van der Waals surface area contributed by atoms with Crippen molar-refractivity contribution in [3.8, 4) is 22.5 Å². The number of anilines is 2. The van der Waals surface area contributed by atoms with E-state index in [-0.39, 0.29) is 5.69 Å². The quantitative estimate of drug-likeness (QED) is 0.393. The van der Waals surface area contributed by atoms with Gasteiger partial charge in [-0.3, -0.25) is 4.79 Å². The lowest BCUT2D eigenvalue weighted by atomic mass is 9.95. The topological polar surface area (TPSA) is 85.3 Å². The third-order valence-electron chi connectivity index (χ3n) is 5.11. The number of alkyl halides is 3. The number of nitrogens with two attached hydrogens (primary N) is 1. The first kappa shape index (κ1) is 22.3. The maximum atomic E-state index is 13.5. The Kier molecular flexibility index (Phi) is 5.35. The van der Waals surface area contributed by atoms with Gasteiger partial charge in [-0.15, -0.1) is 0 Å². The number of nitrogens with one attached hydrogen (secondary N) is 1. The van der Waals surface area contributed by atoms with Crippen LogP contribution >= 0.6 is 0 Å². The number of carbonyl (C=O) groups excluding carboxylic acids is 1. The predicted octanol–water partition coefficient (Wildman–Crippen LogP) is 5.65. The summed E-state index contributed by atoms with van der Waals surface area (Å²) in [5, 5.41) is 6.95. The second-order valence-electron chi connectivity index (χ2n) is 8.70. The van der Waals surface area contributed by atoms with Crippen molar-refractivity contribution in [1.29, 1.82) is 0 Å². The van der Waals surface area contributed by atoms with Crippen LogP contribution in [0.5, 0.6) is 0 Å². The smallest absolute Gasteiger partial charge is 0.398 e. The zero-order chi connectivity index (χ0) is 24.0. The maximum absolute atomic E-state index is 13.5. The lowest BCUT2D eigenvalue weighted by Gasteiger charge is -2.20. The molecule has 4 rings (SSSR count). The molecule has 9 heteroatoms. The minimum Gasteiger partial charge on any atom is -0.398 e. The Morgan fingerprint density at radius 2 is 1.73 bits per heavy atom. The molecule has 0 aliphatic rings. The molecule has 0 aliphatic carbocycles. The fourth-order valence-electron chi connectivity index (χ4n) is 3.26. The Bertz CT molecular complexity index is 1350. The summed E-state index contributed by atoms with van der Waals surface area (Å²) in [7, 11) is 0. The second-order valence-corrected chi connectivity index (χ2v) is 8.70. The van der Waals surface area contributed by atoms with Gasteiger partial charge in [0.15, 0.2) is 5.65 Å². The highest BCUT2D eigenvalue weighted by Gasteiger charge is 2.35. The average molecular weight is 453 g/mol. The van der Waals surface area contributed by atoms with E-state index in [4.69, 9.17) is 5.73 Å². The van der Waals surface area contributed by atoms with E-state index in [1.165, 1.54) is 12.1 Å². The number of nitrogens with zero attached hydrogens (tertiary/aromatic N) is 3. The van der Waals surface area contributed by atoms with Crippen molar-refractivity contribution >= 4 is 22.9 Å². The third kappa shape index (κ3) is 4.52. The summed E-state index contributed by atoms with van der Waals surface area (Å²) in [6.45, 7) is 4.89. The minimum absolute atomic E-state index is 0.317. The Balaban J connectivity index is 1.76. The highest BCUT2D eigenvalue weighted by molar-refractivity contribution is 5.96. The van der Waals surface area contributed by atoms with E-state index >= 15 is 0 Å². The first-order valence-electron chi connectivity index (χ1n) is 10.2. The molecule has 0 atom stereocenters. The van der Waals surface area contributed by atoms with Crippen molar-refractivity contribution < 1.29 is 18.0 Å². The molecular formula is C24H22F3N5O. The van der Waals surface area contributed by atoms with Gasteiger partial charge in [0.05, 0.1) is 28.8 Å². The highest BCUT2D eigenvalue weighted by atomic mass is 19.4. The van der Waals surface area contributed by atoms with Crippen LogP contribution in [0.2, 0.25) is 0 Å². The van der Waals surface area contributed by atoms with Crippen LogP contribution in [0.4, 0.5) is 24.5 Å². The van der Waals surface area contributed by atoms with Gasteiger partial charge in [-0.05, 0) is 30.3 Å². The monoisotopic (exact) mass is 453 g/mol. The minimum atomic E-state index is -4.62. The van der Waals surface area contributed by atoms with Crippen LogP contribution in [0, 0.1) is 5.41 Å². The maximum Gasteiger partial charge on any atom is 0.418 e. The van der Waals surface area contributed by atoms with Gasteiger partial charge in [-0.1, -0.05) is 45.0 Å². The van der Waals surface area contributed by atoms with E-state index in [9.17, 15) is 18.0 Å². The molecule has 33 heavy (non-hydrogen) atoms. The van der Waals surface area contributed by atoms with E-state index in [1.54, 1.807) is 49.7 Å². The molecule has 0 bridgehead atoms.